The minimum absolute atomic E-state index is 0.219. The van der Waals surface area contributed by atoms with Crippen LogP contribution in [0.15, 0.2) is 24.7 Å². The molecule has 2 N–H and O–H groups in total. The fourth-order valence-corrected chi connectivity index (χ4v) is 1.26. The van der Waals surface area contributed by atoms with Gasteiger partial charge in [-0.25, -0.2) is 14.6 Å². The first-order valence-electron chi connectivity index (χ1n) is 4.00. The summed E-state index contributed by atoms with van der Waals surface area (Å²) in [6.07, 6.45) is 4.66. The summed E-state index contributed by atoms with van der Waals surface area (Å²) in [6, 6.07) is 1.64. The number of nitrogens with two attached hydrogens (primary N) is 1. The molecule has 0 fully saturated rings. The molecule has 0 saturated carbocycles. The van der Waals surface area contributed by atoms with Crippen molar-refractivity contribution in [1.29, 1.82) is 0 Å². The summed E-state index contributed by atoms with van der Waals surface area (Å²) in [5.74, 6) is 0.382. The monoisotopic (exact) mass is 239 g/mol. The van der Waals surface area contributed by atoms with Gasteiger partial charge in [0.15, 0.2) is 0 Å². The number of nitrogens with zero attached hydrogens (tertiary/aromatic N) is 4. The second-order valence-electron chi connectivity index (χ2n) is 2.71. The summed E-state index contributed by atoms with van der Waals surface area (Å²) >= 11 is 10.5. The van der Waals surface area contributed by atoms with Crippen LogP contribution in [0.3, 0.4) is 0 Å². The van der Waals surface area contributed by atoms with Crippen LogP contribution < -0.4 is 5.73 Å². The second kappa shape index (κ2) is 3.92. The SMILES string of the molecule is NC(=S)c1ccnc(-n2cc(Cl)cn2)n1. The Hall–Kier alpha value is -1.53. The zero-order chi connectivity index (χ0) is 10.8. The second-order valence-corrected chi connectivity index (χ2v) is 3.59. The minimum atomic E-state index is 0.219. The van der Waals surface area contributed by atoms with Gasteiger partial charge in [0.1, 0.15) is 10.7 Å². The van der Waals surface area contributed by atoms with Crippen LogP contribution in [0.1, 0.15) is 5.69 Å². The van der Waals surface area contributed by atoms with Crippen molar-refractivity contribution in [2.45, 2.75) is 0 Å². The average Bonchev–Trinajstić information content (AvgIpc) is 2.65. The molecule has 0 aromatic carbocycles. The molecule has 0 amide bonds. The van der Waals surface area contributed by atoms with E-state index in [1.165, 1.54) is 10.9 Å². The van der Waals surface area contributed by atoms with E-state index in [4.69, 9.17) is 29.6 Å². The third-order valence-corrected chi connectivity index (χ3v) is 2.06. The largest absolute Gasteiger partial charge is 0.388 e. The molecule has 0 aliphatic heterocycles. The van der Waals surface area contributed by atoms with Crippen LogP contribution in [0.4, 0.5) is 0 Å². The van der Waals surface area contributed by atoms with Gasteiger partial charge in [0.2, 0.25) is 0 Å². The van der Waals surface area contributed by atoms with Gasteiger partial charge in [0.25, 0.3) is 5.95 Å². The highest BCUT2D eigenvalue weighted by atomic mass is 35.5. The van der Waals surface area contributed by atoms with Crippen molar-refractivity contribution in [3.63, 3.8) is 0 Å². The van der Waals surface area contributed by atoms with Crippen molar-refractivity contribution >= 4 is 28.8 Å². The van der Waals surface area contributed by atoms with Gasteiger partial charge >= 0.3 is 0 Å². The Morgan fingerprint density at radius 2 is 2.33 bits per heavy atom. The molecule has 2 aromatic heterocycles. The molecule has 15 heavy (non-hydrogen) atoms. The van der Waals surface area contributed by atoms with Gasteiger partial charge in [0, 0.05) is 6.20 Å². The maximum atomic E-state index is 5.72. The lowest BCUT2D eigenvalue weighted by Gasteiger charge is -2.00. The maximum absolute atomic E-state index is 5.72. The number of aromatic nitrogens is 4. The summed E-state index contributed by atoms with van der Waals surface area (Å²) in [7, 11) is 0. The molecule has 7 heteroatoms. The van der Waals surface area contributed by atoms with E-state index in [1.807, 2.05) is 0 Å². The van der Waals surface area contributed by atoms with Crippen molar-refractivity contribution in [2.24, 2.45) is 5.73 Å². The van der Waals surface area contributed by atoms with E-state index in [9.17, 15) is 0 Å². The third-order valence-electron chi connectivity index (χ3n) is 1.65. The molecule has 0 atom stereocenters. The van der Waals surface area contributed by atoms with Crippen molar-refractivity contribution in [3.8, 4) is 5.95 Å². The van der Waals surface area contributed by atoms with E-state index in [0.717, 1.165) is 0 Å². The van der Waals surface area contributed by atoms with E-state index in [1.54, 1.807) is 18.5 Å². The van der Waals surface area contributed by atoms with E-state index >= 15 is 0 Å². The molecule has 0 aliphatic carbocycles. The van der Waals surface area contributed by atoms with Crippen molar-refractivity contribution < 1.29 is 0 Å². The Kier molecular flexibility index (Phi) is 2.61. The summed E-state index contributed by atoms with van der Waals surface area (Å²) < 4.78 is 1.45. The average molecular weight is 240 g/mol. The number of hydrogen-bond donors (Lipinski definition) is 1. The molecule has 0 saturated heterocycles. The first kappa shape index (κ1) is 10.0. The predicted octanol–water partition coefficient (Wildman–Crippen LogP) is 0.950. The molecule has 2 heterocycles. The smallest absolute Gasteiger partial charge is 0.251 e. The first-order valence-corrected chi connectivity index (χ1v) is 4.79. The summed E-state index contributed by atoms with van der Waals surface area (Å²) in [5.41, 5.74) is 5.95. The zero-order valence-corrected chi connectivity index (χ0v) is 9.03. The zero-order valence-electron chi connectivity index (χ0n) is 7.46. The summed E-state index contributed by atoms with van der Waals surface area (Å²) in [6.45, 7) is 0. The van der Waals surface area contributed by atoms with Crippen molar-refractivity contribution in [3.05, 3.63) is 35.4 Å². The lowest BCUT2D eigenvalue weighted by Crippen LogP contribution is -2.14. The highest BCUT2D eigenvalue weighted by Crippen LogP contribution is 2.08. The van der Waals surface area contributed by atoms with Gasteiger partial charge in [-0.05, 0) is 6.07 Å². The van der Waals surface area contributed by atoms with Crippen LogP contribution in [0.2, 0.25) is 5.02 Å². The molecule has 0 bridgehead atoms. The van der Waals surface area contributed by atoms with E-state index in [-0.39, 0.29) is 4.99 Å². The van der Waals surface area contributed by atoms with Gasteiger partial charge in [-0.15, -0.1) is 0 Å². The Morgan fingerprint density at radius 1 is 1.53 bits per heavy atom. The number of thiocarbonyl (C=S) groups is 1. The van der Waals surface area contributed by atoms with Gasteiger partial charge < -0.3 is 5.73 Å². The van der Waals surface area contributed by atoms with Gasteiger partial charge in [0.05, 0.1) is 17.4 Å². The number of hydrogen-bond acceptors (Lipinski definition) is 4. The number of rotatable bonds is 2. The molecule has 2 rings (SSSR count). The Bertz CT molecular complexity index is 509. The standard InChI is InChI=1S/C8H6ClN5S/c9-5-3-12-14(4-5)8-11-2-1-6(13-8)7(10)15/h1-4H,(H2,10,15). The molecule has 0 spiro atoms. The van der Waals surface area contributed by atoms with E-state index in [2.05, 4.69) is 15.1 Å². The molecule has 2 aromatic rings. The fourth-order valence-electron chi connectivity index (χ4n) is 1.01. The molecular formula is C8H6ClN5S. The van der Waals surface area contributed by atoms with Crippen LogP contribution in [0.25, 0.3) is 5.95 Å². The predicted molar refractivity (Wildman–Crippen MR) is 60.1 cm³/mol. The van der Waals surface area contributed by atoms with Crippen molar-refractivity contribution in [2.75, 3.05) is 0 Å². The molecule has 0 aliphatic rings. The quantitative estimate of drug-likeness (QED) is 0.791. The first-order chi connectivity index (χ1) is 7.16. The van der Waals surface area contributed by atoms with Gasteiger partial charge in [-0.3, -0.25) is 0 Å². The molecular weight excluding hydrogens is 234 g/mol. The lowest BCUT2D eigenvalue weighted by molar-refractivity contribution is 0.806. The summed E-state index contributed by atoms with van der Waals surface area (Å²) in [5, 5.41) is 4.48. The third kappa shape index (κ3) is 2.11. The minimum Gasteiger partial charge on any atom is -0.388 e. The number of halogens is 1. The topological polar surface area (TPSA) is 69.6 Å². The maximum Gasteiger partial charge on any atom is 0.251 e. The van der Waals surface area contributed by atoms with Crippen LogP contribution in [-0.4, -0.2) is 24.7 Å². The Morgan fingerprint density at radius 3 is 2.93 bits per heavy atom. The van der Waals surface area contributed by atoms with Crippen LogP contribution in [0.5, 0.6) is 0 Å². The van der Waals surface area contributed by atoms with Crippen molar-refractivity contribution in [1.82, 2.24) is 19.7 Å². The Balaban J connectivity index is 2.45. The highest BCUT2D eigenvalue weighted by Gasteiger charge is 2.04. The molecule has 76 valence electrons. The van der Waals surface area contributed by atoms with Gasteiger partial charge in [-0.2, -0.15) is 5.10 Å². The molecule has 5 nitrogen and oxygen atoms in total. The summed E-state index contributed by atoms with van der Waals surface area (Å²) in [4.78, 5) is 8.36. The van der Waals surface area contributed by atoms with E-state index < -0.39 is 0 Å². The Labute approximate surface area is 95.9 Å². The molecule has 0 radical (unpaired) electrons. The highest BCUT2D eigenvalue weighted by molar-refractivity contribution is 7.80. The van der Waals surface area contributed by atoms with Gasteiger partial charge in [-0.1, -0.05) is 23.8 Å². The van der Waals surface area contributed by atoms with E-state index in [0.29, 0.717) is 16.7 Å². The van der Waals surface area contributed by atoms with Crippen LogP contribution in [0, 0.1) is 0 Å². The fraction of sp³-hybridized carbons (Fsp3) is 0. The molecule has 0 unspecified atom stereocenters. The normalized spacial score (nSPS) is 10.2. The van der Waals surface area contributed by atoms with Crippen LogP contribution >= 0.6 is 23.8 Å². The lowest BCUT2D eigenvalue weighted by atomic mass is 10.4. The van der Waals surface area contributed by atoms with Crippen LogP contribution in [-0.2, 0) is 0 Å².